The maximum absolute atomic E-state index is 14.0. The van der Waals surface area contributed by atoms with Gasteiger partial charge in [0.05, 0.1) is 4.90 Å². The van der Waals surface area contributed by atoms with E-state index in [1.807, 2.05) is 42.5 Å². The van der Waals surface area contributed by atoms with Crippen molar-refractivity contribution in [1.29, 1.82) is 0 Å². The summed E-state index contributed by atoms with van der Waals surface area (Å²) in [5.74, 6) is -0.321. The predicted octanol–water partition coefficient (Wildman–Crippen LogP) is 6.36. The summed E-state index contributed by atoms with van der Waals surface area (Å²) in [5.41, 5.74) is 4.09. The van der Waals surface area contributed by atoms with Crippen LogP contribution >= 0.6 is 11.6 Å². The van der Waals surface area contributed by atoms with Crippen molar-refractivity contribution in [2.24, 2.45) is 0 Å². The van der Waals surface area contributed by atoms with Crippen LogP contribution in [0.25, 0.3) is 0 Å². The van der Waals surface area contributed by atoms with Crippen LogP contribution in [0, 0.1) is 0 Å². The number of carbonyl (C=O) groups excluding carboxylic acids is 2. The molecule has 1 atom stereocenters. The van der Waals surface area contributed by atoms with Gasteiger partial charge in [0, 0.05) is 37.0 Å². The van der Waals surface area contributed by atoms with Gasteiger partial charge in [-0.2, -0.15) is 0 Å². The lowest BCUT2D eigenvalue weighted by Crippen LogP contribution is -2.50. The van der Waals surface area contributed by atoms with Gasteiger partial charge >= 0.3 is 0 Å². The number of carbonyl (C=O) groups is 2. The summed E-state index contributed by atoms with van der Waals surface area (Å²) in [6.07, 6.45) is 10.4. The Labute approximate surface area is 272 Å². The summed E-state index contributed by atoms with van der Waals surface area (Å²) in [5, 5.41) is 3.74. The summed E-state index contributed by atoms with van der Waals surface area (Å²) in [6.45, 7) is 0.792. The van der Waals surface area contributed by atoms with Crippen molar-refractivity contribution < 1.29 is 18.0 Å². The molecule has 5 rings (SSSR count). The van der Waals surface area contributed by atoms with Gasteiger partial charge in [-0.25, -0.2) is 13.1 Å². The molecule has 0 spiro atoms. The highest BCUT2D eigenvalue weighted by Crippen LogP contribution is 2.23. The molecule has 0 radical (unpaired) electrons. The van der Waals surface area contributed by atoms with Crippen LogP contribution in [0.1, 0.15) is 68.1 Å². The second-order valence-corrected chi connectivity index (χ2v) is 14.2. The fraction of sp³-hybridized carbons (Fsp3) is 0.389. The number of aryl methyl sites for hydroxylation is 1. The highest BCUT2D eigenvalue weighted by atomic mass is 35.5. The second kappa shape index (κ2) is 15.7. The molecular weight excluding hydrogens is 606 g/mol. The number of nitrogens with one attached hydrogen (secondary N) is 2. The van der Waals surface area contributed by atoms with E-state index in [0.717, 1.165) is 48.8 Å². The van der Waals surface area contributed by atoms with Crippen LogP contribution in [0.15, 0.2) is 95.4 Å². The Bertz CT molecular complexity index is 1570. The minimum atomic E-state index is -3.54. The van der Waals surface area contributed by atoms with Crippen molar-refractivity contribution in [3.8, 4) is 0 Å². The first-order valence-corrected chi connectivity index (χ1v) is 17.8. The maximum atomic E-state index is 14.0. The molecule has 0 bridgehead atoms. The Morgan fingerprint density at radius 1 is 0.867 bits per heavy atom. The minimum absolute atomic E-state index is 0.0318. The van der Waals surface area contributed by atoms with E-state index in [4.69, 9.17) is 11.6 Å². The zero-order valence-corrected chi connectivity index (χ0v) is 27.2. The van der Waals surface area contributed by atoms with Gasteiger partial charge in [0.25, 0.3) is 0 Å². The topological polar surface area (TPSA) is 95.6 Å². The molecule has 1 fully saturated rings. The van der Waals surface area contributed by atoms with E-state index in [1.54, 1.807) is 41.3 Å². The van der Waals surface area contributed by atoms with Crippen LogP contribution in [0.2, 0.25) is 5.02 Å². The molecule has 2 amide bonds. The minimum Gasteiger partial charge on any atom is -0.354 e. The number of rotatable bonds is 15. The monoisotopic (exact) mass is 647 g/mol. The Balaban J connectivity index is 1.32. The van der Waals surface area contributed by atoms with Gasteiger partial charge < -0.3 is 10.2 Å². The number of benzene rings is 3. The first-order valence-electron chi connectivity index (χ1n) is 15.9. The predicted molar refractivity (Wildman–Crippen MR) is 178 cm³/mol. The quantitative estimate of drug-likeness (QED) is 0.188. The summed E-state index contributed by atoms with van der Waals surface area (Å²) in [6, 6.07) is 23.1. The third-order valence-electron chi connectivity index (χ3n) is 8.43. The average molecular weight is 648 g/mol. The number of halogens is 1. The molecule has 238 valence electrons. The van der Waals surface area contributed by atoms with Gasteiger partial charge in [-0.1, -0.05) is 77.8 Å². The molecule has 2 aliphatic carbocycles. The molecular formula is C36H42ClN3O4S. The van der Waals surface area contributed by atoms with Crippen LogP contribution in [-0.2, 0) is 39.0 Å². The summed E-state index contributed by atoms with van der Waals surface area (Å²) >= 11 is 6.15. The van der Waals surface area contributed by atoms with Crippen molar-refractivity contribution in [3.63, 3.8) is 0 Å². The molecule has 0 saturated heterocycles. The highest BCUT2D eigenvalue weighted by Gasteiger charge is 2.31. The summed E-state index contributed by atoms with van der Waals surface area (Å²) in [4.78, 5) is 29.8. The first-order chi connectivity index (χ1) is 21.8. The molecule has 45 heavy (non-hydrogen) atoms. The van der Waals surface area contributed by atoms with Crippen LogP contribution in [0.4, 0.5) is 0 Å². The average Bonchev–Trinajstić information content (AvgIpc) is 3.87. The van der Waals surface area contributed by atoms with Crippen molar-refractivity contribution >= 4 is 33.4 Å². The second-order valence-electron chi connectivity index (χ2n) is 12.0. The number of nitrogens with zero attached hydrogens (tertiary/aromatic N) is 1. The zero-order chi connectivity index (χ0) is 31.6. The molecule has 0 heterocycles. The SMILES string of the molecule is O=C(NCCC1=CCCCC1)[C@H](Cc1ccccc1)N(Cc1ccc(Cl)cc1)C(=O)CCc1ccc(S(=O)(=O)NC2CC2)cc1. The van der Waals surface area contributed by atoms with E-state index in [-0.39, 0.29) is 35.7 Å². The fourth-order valence-electron chi connectivity index (χ4n) is 5.66. The van der Waals surface area contributed by atoms with Crippen molar-refractivity contribution in [3.05, 3.63) is 112 Å². The van der Waals surface area contributed by atoms with Crippen LogP contribution in [0.5, 0.6) is 0 Å². The number of hydrogen-bond acceptors (Lipinski definition) is 4. The van der Waals surface area contributed by atoms with Crippen LogP contribution in [0.3, 0.4) is 0 Å². The Hall–Kier alpha value is -3.46. The van der Waals surface area contributed by atoms with Crippen LogP contribution < -0.4 is 10.0 Å². The third kappa shape index (κ3) is 10.0. The van der Waals surface area contributed by atoms with E-state index in [9.17, 15) is 18.0 Å². The number of hydrogen-bond donors (Lipinski definition) is 2. The lowest BCUT2D eigenvalue weighted by atomic mass is 9.97. The molecule has 7 nitrogen and oxygen atoms in total. The standard InChI is InChI=1S/C36H42ClN3O4S/c37-31-16-11-30(12-17-31)26-40(35(41)22-15-28-13-20-33(21-14-28)45(43,44)39-32-18-19-32)34(25-29-9-5-2-6-10-29)36(42)38-24-23-27-7-3-1-4-8-27/h2,5-7,9-14,16-17,20-21,32,34,39H,1,3-4,8,15,18-19,22-26H2,(H,38,42)/t34-/m0/s1. The molecule has 2 N–H and O–H groups in total. The third-order valence-corrected chi connectivity index (χ3v) is 10.2. The fourth-order valence-corrected chi connectivity index (χ4v) is 7.09. The van der Waals surface area contributed by atoms with Crippen molar-refractivity contribution in [2.75, 3.05) is 6.54 Å². The summed E-state index contributed by atoms with van der Waals surface area (Å²) < 4.78 is 27.8. The lowest BCUT2D eigenvalue weighted by Gasteiger charge is -2.32. The van der Waals surface area contributed by atoms with Crippen molar-refractivity contribution in [1.82, 2.24) is 14.9 Å². The Kier molecular flexibility index (Phi) is 11.5. The van der Waals surface area contributed by atoms with Gasteiger partial charge in [-0.05, 0) is 92.3 Å². The first kappa shape index (κ1) is 32.9. The largest absolute Gasteiger partial charge is 0.354 e. The number of allylic oxidation sites excluding steroid dienone is 1. The molecule has 0 aromatic heterocycles. The van der Waals surface area contributed by atoms with Gasteiger partial charge in [0.1, 0.15) is 6.04 Å². The van der Waals surface area contributed by atoms with Crippen LogP contribution in [-0.4, -0.2) is 43.8 Å². The van der Waals surface area contributed by atoms with E-state index in [0.29, 0.717) is 24.4 Å². The smallest absolute Gasteiger partial charge is 0.243 e. The zero-order valence-electron chi connectivity index (χ0n) is 25.6. The maximum Gasteiger partial charge on any atom is 0.243 e. The molecule has 0 aliphatic heterocycles. The molecule has 3 aromatic carbocycles. The van der Waals surface area contributed by atoms with E-state index in [2.05, 4.69) is 16.1 Å². The van der Waals surface area contributed by atoms with Gasteiger partial charge in [-0.15, -0.1) is 0 Å². The molecule has 3 aromatic rings. The molecule has 9 heteroatoms. The Morgan fingerprint density at radius 2 is 1.58 bits per heavy atom. The normalized spacial score (nSPS) is 15.6. The highest BCUT2D eigenvalue weighted by molar-refractivity contribution is 7.89. The van der Waals surface area contributed by atoms with E-state index >= 15 is 0 Å². The number of amides is 2. The summed E-state index contributed by atoms with van der Waals surface area (Å²) in [7, 11) is -3.54. The van der Waals surface area contributed by atoms with Gasteiger partial charge in [0.2, 0.25) is 21.8 Å². The molecule has 1 saturated carbocycles. The molecule has 2 aliphatic rings. The Morgan fingerprint density at radius 3 is 2.24 bits per heavy atom. The van der Waals surface area contributed by atoms with E-state index in [1.165, 1.54) is 18.4 Å². The molecule has 0 unspecified atom stereocenters. The lowest BCUT2D eigenvalue weighted by molar-refractivity contribution is -0.141. The number of sulfonamides is 1. The van der Waals surface area contributed by atoms with Gasteiger partial charge in [-0.3, -0.25) is 9.59 Å². The van der Waals surface area contributed by atoms with Crippen molar-refractivity contribution in [2.45, 2.75) is 87.7 Å². The van der Waals surface area contributed by atoms with E-state index < -0.39 is 16.1 Å². The van der Waals surface area contributed by atoms with Gasteiger partial charge in [0.15, 0.2) is 0 Å².